The van der Waals surface area contributed by atoms with E-state index in [0.29, 0.717) is 32.7 Å². The molecule has 30 heavy (non-hydrogen) atoms. The van der Waals surface area contributed by atoms with E-state index in [4.69, 9.17) is 9.47 Å². The van der Waals surface area contributed by atoms with Crippen molar-refractivity contribution in [2.75, 3.05) is 14.2 Å². The van der Waals surface area contributed by atoms with Gasteiger partial charge in [0.1, 0.15) is 22.6 Å². The Hall–Kier alpha value is -4.06. The molecule has 6 heteroatoms. The van der Waals surface area contributed by atoms with E-state index >= 15 is 0 Å². The minimum atomic E-state index is -0.684. The molecule has 0 saturated heterocycles. The van der Waals surface area contributed by atoms with Gasteiger partial charge in [-0.3, -0.25) is 0 Å². The number of carbonyl (C=O) groups is 2. The highest BCUT2D eigenvalue weighted by Crippen LogP contribution is 2.42. The molecule has 0 bridgehead atoms. The van der Waals surface area contributed by atoms with Gasteiger partial charge in [-0.25, -0.2) is 9.59 Å². The second kappa shape index (κ2) is 7.40. The maximum atomic E-state index is 12.3. The van der Waals surface area contributed by atoms with Crippen LogP contribution in [-0.2, 0) is 9.47 Å². The lowest BCUT2D eigenvalue weighted by Crippen LogP contribution is -2.04. The molecule has 0 aliphatic heterocycles. The smallest absolute Gasteiger partial charge is 0.341 e. The first-order valence-electron chi connectivity index (χ1n) is 9.14. The summed E-state index contributed by atoms with van der Waals surface area (Å²) in [5.41, 5.74) is 1.21. The molecule has 0 aliphatic rings. The Bertz CT molecular complexity index is 1220. The lowest BCUT2D eigenvalue weighted by atomic mass is 9.89. The standard InChI is InChI=1S/C24H18O6/c1-29-23(27)19-11-17(13-7-3-5-9-15(13)21(19)25)18-12-20(24(28)30-2)22(26)16-10-6-4-8-14(16)18/h3-12,25-26H,1-2H3. The molecule has 0 saturated carbocycles. The molecule has 0 unspecified atom stereocenters. The minimum absolute atomic E-state index is 0.00275. The second-order valence-electron chi connectivity index (χ2n) is 6.71. The Balaban J connectivity index is 2.18. The van der Waals surface area contributed by atoms with Gasteiger partial charge in [0.15, 0.2) is 0 Å². The van der Waals surface area contributed by atoms with Gasteiger partial charge in [0.2, 0.25) is 0 Å². The second-order valence-corrected chi connectivity index (χ2v) is 6.71. The van der Waals surface area contributed by atoms with Crippen LogP contribution in [0.4, 0.5) is 0 Å². The number of fused-ring (bicyclic) bond motifs is 2. The monoisotopic (exact) mass is 402 g/mol. The van der Waals surface area contributed by atoms with Crippen molar-refractivity contribution < 1.29 is 29.3 Å². The molecule has 4 aromatic rings. The van der Waals surface area contributed by atoms with Crippen molar-refractivity contribution in [2.24, 2.45) is 0 Å². The number of rotatable bonds is 3. The van der Waals surface area contributed by atoms with Crippen LogP contribution in [-0.4, -0.2) is 36.4 Å². The van der Waals surface area contributed by atoms with Crippen LogP contribution in [0.5, 0.6) is 11.5 Å². The Kier molecular flexibility index (Phi) is 4.75. The van der Waals surface area contributed by atoms with E-state index in [2.05, 4.69) is 0 Å². The SMILES string of the molecule is COC(=O)c1cc(-c2cc(C(=O)OC)c(O)c3ccccc23)c2ccccc2c1O. The Labute approximate surface area is 171 Å². The first-order chi connectivity index (χ1) is 14.5. The van der Waals surface area contributed by atoms with Gasteiger partial charge in [-0.2, -0.15) is 0 Å². The number of methoxy groups -OCH3 is 2. The molecule has 6 nitrogen and oxygen atoms in total. The van der Waals surface area contributed by atoms with E-state index in [9.17, 15) is 19.8 Å². The zero-order valence-corrected chi connectivity index (χ0v) is 16.3. The highest BCUT2D eigenvalue weighted by atomic mass is 16.5. The molecular formula is C24H18O6. The largest absolute Gasteiger partial charge is 0.506 e. The first-order valence-corrected chi connectivity index (χ1v) is 9.14. The lowest BCUT2D eigenvalue weighted by Gasteiger charge is -2.16. The van der Waals surface area contributed by atoms with Crippen LogP contribution in [0, 0.1) is 0 Å². The summed E-state index contributed by atoms with van der Waals surface area (Å²) in [5.74, 6) is -1.73. The number of hydrogen-bond acceptors (Lipinski definition) is 6. The summed E-state index contributed by atoms with van der Waals surface area (Å²) in [4.78, 5) is 24.6. The summed E-state index contributed by atoms with van der Waals surface area (Å²) in [7, 11) is 2.48. The number of aromatic hydroxyl groups is 2. The normalized spacial score (nSPS) is 10.9. The van der Waals surface area contributed by atoms with Gasteiger partial charge in [-0.05, 0) is 34.0 Å². The number of benzene rings is 4. The summed E-state index contributed by atoms with van der Waals surface area (Å²) in [6, 6.07) is 17.2. The van der Waals surface area contributed by atoms with Crippen LogP contribution in [0.1, 0.15) is 20.7 Å². The molecule has 0 atom stereocenters. The zero-order chi connectivity index (χ0) is 21.4. The van der Waals surface area contributed by atoms with Crippen molar-refractivity contribution in [1.29, 1.82) is 0 Å². The zero-order valence-electron chi connectivity index (χ0n) is 16.3. The van der Waals surface area contributed by atoms with Crippen molar-refractivity contribution in [3.8, 4) is 22.6 Å². The summed E-state index contributed by atoms with van der Waals surface area (Å²) >= 11 is 0. The first kappa shape index (κ1) is 19.3. The van der Waals surface area contributed by atoms with Crippen molar-refractivity contribution in [2.45, 2.75) is 0 Å². The molecule has 0 aromatic heterocycles. The van der Waals surface area contributed by atoms with Gasteiger partial charge in [0.25, 0.3) is 0 Å². The number of hydrogen-bond donors (Lipinski definition) is 2. The molecule has 0 heterocycles. The van der Waals surface area contributed by atoms with Crippen LogP contribution in [0.2, 0.25) is 0 Å². The van der Waals surface area contributed by atoms with Crippen LogP contribution < -0.4 is 0 Å². The van der Waals surface area contributed by atoms with E-state index in [0.717, 1.165) is 0 Å². The molecule has 4 aromatic carbocycles. The van der Waals surface area contributed by atoms with Crippen molar-refractivity contribution in [1.82, 2.24) is 0 Å². The lowest BCUT2D eigenvalue weighted by molar-refractivity contribution is 0.0588. The summed E-state index contributed by atoms with van der Waals surface area (Å²) in [6.07, 6.45) is 0. The fourth-order valence-electron chi connectivity index (χ4n) is 3.70. The Morgan fingerprint density at radius 1 is 0.633 bits per heavy atom. The quantitative estimate of drug-likeness (QED) is 0.485. The van der Waals surface area contributed by atoms with E-state index in [1.54, 1.807) is 24.3 Å². The maximum absolute atomic E-state index is 12.3. The number of esters is 2. The minimum Gasteiger partial charge on any atom is -0.506 e. The summed E-state index contributed by atoms with van der Waals surface area (Å²) < 4.78 is 9.66. The Morgan fingerprint density at radius 3 is 1.30 bits per heavy atom. The summed E-state index contributed by atoms with van der Waals surface area (Å²) in [6.45, 7) is 0. The number of carbonyl (C=O) groups excluding carboxylic acids is 2. The number of ether oxygens (including phenoxy) is 2. The van der Waals surface area contributed by atoms with Crippen molar-refractivity contribution >= 4 is 33.5 Å². The maximum Gasteiger partial charge on any atom is 0.341 e. The van der Waals surface area contributed by atoms with Crippen LogP contribution in [0.3, 0.4) is 0 Å². The van der Waals surface area contributed by atoms with Gasteiger partial charge in [0.05, 0.1) is 14.2 Å². The molecule has 0 aliphatic carbocycles. The van der Waals surface area contributed by atoms with E-state index in [1.807, 2.05) is 24.3 Å². The fraction of sp³-hybridized carbons (Fsp3) is 0.0833. The van der Waals surface area contributed by atoms with E-state index in [1.165, 1.54) is 26.4 Å². The van der Waals surface area contributed by atoms with Crippen LogP contribution >= 0.6 is 0 Å². The van der Waals surface area contributed by atoms with Crippen molar-refractivity contribution in [3.05, 3.63) is 71.8 Å². The summed E-state index contributed by atoms with van der Waals surface area (Å²) in [5, 5.41) is 23.6. The third-order valence-corrected chi connectivity index (χ3v) is 5.13. The average molecular weight is 402 g/mol. The highest BCUT2D eigenvalue weighted by molar-refractivity contribution is 6.14. The number of phenols is 2. The topological polar surface area (TPSA) is 93.1 Å². The molecule has 0 spiro atoms. The third kappa shape index (κ3) is 2.90. The molecule has 4 rings (SSSR count). The number of phenolic OH excluding ortho intramolecular Hbond substituents is 2. The molecule has 0 radical (unpaired) electrons. The molecule has 2 N–H and O–H groups in total. The van der Waals surface area contributed by atoms with Gasteiger partial charge >= 0.3 is 11.9 Å². The van der Waals surface area contributed by atoms with Crippen molar-refractivity contribution in [3.63, 3.8) is 0 Å². The third-order valence-electron chi connectivity index (χ3n) is 5.13. The van der Waals surface area contributed by atoms with E-state index in [-0.39, 0.29) is 22.6 Å². The van der Waals surface area contributed by atoms with Gasteiger partial charge < -0.3 is 19.7 Å². The van der Waals surface area contributed by atoms with Gasteiger partial charge in [0, 0.05) is 10.8 Å². The molecule has 0 amide bonds. The molecule has 0 fully saturated rings. The fourth-order valence-corrected chi connectivity index (χ4v) is 3.70. The van der Waals surface area contributed by atoms with E-state index < -0.39 is 11.9 Å². The predicted molar refractivity (Wildman–Crippen MR) is 113 cm³/mol. The van der Waals surface area contributed by atoms with Gasteiger partial charge in [-0.15, -0.1) is 0 Å². The van der Waals surface area contributed by atoms with Crippen LogP contribution in [0.15, 0.2) is 60.7 Å². The highest BCUT2D eigenvalue weighted by Gasteiger charge is 2.22. The van der Waals surface area contributed by atoms with Gasteiger partial charge in [-0.1, -0.05) is 48.5 Å². The average Bonchev–Trinajstić information content (AvgIpc) is 2.79. The molecular weight excluding hydrogens is 384 g/mol. The molecule has 150 valence electrons. The Morgan fingerprint density at radius 2 is 0.967 bits per heavy atom. The van der Waals surface area contributed by atoms with Crippen LogP contribution in [0.25, 0.3) is 32.7 Å². The predicted octanol–water partition coefficient (Wildman–Crippen LogP) is 4.64.